The van der Waals surface area contributed by atoms with Gasteiger partial charge in [0, 0.05) is 46.4 Å². The van der Waals surface area contributed by atoms with Gasteiger partial charge in [0.2, 0.25) is 5.95 Å². The molecule has 3 aromatic heterocycles. The number of allylic oxidation sites excluding steroid dienone is 1. The fraction of sp³-hybridized carbons (Fsp3) is 0.273. The van der Waals surface area contributed by atoms with Gasteiger partial charge in [0.25, 0.3) is 16.1 Å². The lowest BCUT2D eigenvalue weighted by Gasteiger charge is -2.35. The molecular formula is C33H35FN8O4S. The summed E-state index contributed by atoms with van der Waals surface area (Å²) in [4.78, 5) is 23.1. The van der Waals surface area contributed by atoms with Crippen LogP contribution in [0, 0.1) is 22.9 Å². The molecule has 12 nitrogen and oxygen atoms in total. The van der Waals surface area contributed by atoms with Gasteiger partial charge in [-0.15, -0.1) is 0 Å². The van der Waals surface area contributed by atoms with Crippen molar-refractivity contribution in [3.63, 3.8) is 0 Å². The zero-order chi connectivity index (χ0) is 33.7. The van der Waals surface area contributed by atoms with Crippen molar-refractivity contribution in [3.8, 4) is 11.3 Å². The first kappa shape index (κ1) is 32.0. The van der Waals surface area contributed by atoms with Gasteiger partial charge in [0.1, 0.15) is 5.54 Å². The van der Waals surface area contributed by atoms with Gasteiger partial charge in [-0.25, -0.2) is 21.8 Å². The molecule has 0 radical (unpaired) electrons. The summed E-state index contributed by atoms with van der Waals surface area (Å²) in [6, 6.07) is 12.6. The third-order valence-corrected chi connectivity index (χ3v) is 10.3. The van der Waals surface area contributed by atoms with Crippen molar-refractivity contribution in [2.24, 2.45) is 7.05 Å². The highest BCUT2D eigenvalue weighted by molar-refractivity contribution is 7.90. The predicted molar refractivity (Wildman–Crippen MR) is 180 cm³/mol. The predicted octanol–water partition coefficient (Wildman–Crippen LogP) is 4.70. The Labute approximate surface area is 271 Å². The third kappa shape index (κ3) is 5.68. The molecule has 47 heavy (non-hydrogen) atoms. The number of para-hydroxylation sites is 1. The Bertz CT molecular complexity index is 2190. The smallest absolute Gasteiger partial charge is 0.269 e. The average Bonchev–Trinajstić information content (AvgIpc) is 3.57. The summed E-state index contributed by atoms with van der Waals surface area (Å²) in [7, 11) is 3.07. The molecule has 6 rings (SSSR count). The Hall–Kier alpha value is -4.92. The number of hydrogen-bond acceptors (Lipinski definition) is 9. The van der Waals surface area contributed by atoms with Gasteiger partial charge in [-0.2, -0.15) is 4.98 Å². The van der Waals surface area contributed by atoms with Crippen molar-refractivity contribution < 1.29 is 17.7 Å². The monoisotopic (exact) mass is 658 g/mol. The topological polar surface area (TPSA) is 140 Å². The Morgan fingerprint density at radius 1 is 1.11 bits per heavy atom. The number of benzene rings is 2. The molecule has 0 bridgehead atoms. The largest absolute Gasteiger partial charge is 0.350 e. The summed E-state index contributed by atoms with van der Waals surface area (Å²) >= 11 is 0. The highest BCUT2D eigenvalue weighted by Gasteiger charge is 2.44. The molecule has 2 aromatic carbocycles. The Balaban J connectivity index is 1.53. The number of likely N-dealkylation sites (N-methyl/N-ethyl adjacent to an activating group) is 1. The molecular weight excluding hydrogens is 623 g/mol. The molecule has 0 spiro atoms. The second kappa shape index (κ2) is 12.0. The van der Waals surface area contributed by atoms with Crippen molar-refractivity contribution >= 4 is 37.9 Å². The number of aromatic nitrogens is 4. The van der Waals surface area contributed by atoms with Crippen LogP contribution in [0.1, 0.15) is 12.0 Å². The van der Waals surface area contributed by atoms with E-state index in [1.165, 1.54) is 18.2 Å². The summed E-state index contributed by atoms with van der Waals surface area (Å²) in [5, 5.41) is 19.2. The van der Waals surface area contributed by atoms with Crippen LogP contribution in [0.2, 0.25) is 0 Å². The quantitative estimate of drug-likeness (QED) is 0.162. The SMILES string of the molecule is CNC1(CCN(C)C)C=CC(Nc2nc(-c3cn(C)c4ccccc34)c3c(F)cn(S(=O)(=O)c4ccc(C)cc4)c3n2)=CC1[N+](=O)[O-]. The van der Waals surface area contributed by atoms with Crippen LogP contribution in [0.15, 0.2) is 89.7 Å². The maximum atomic E-state index is 16.0. The van der Waals surface area contributed by atoms with E-state index in [-0.39, 0.29) is 32.5 Å². The fourth-order valence-corrected chi connectivity index (χ4v) is 7.31. The first-order valence-corrected chi connectivity index (χ1v) is 16.4. The second-order valence-corrected chi connectivity index (χ2v) is 13.8. The molecule has 14 heteroatoms. The molecule has 0 aliphatic heterocycles. The van der Waals surface area contributed by atoms with Crippen LogP contribution in [0.4, 0.5) is 10.3 Å². The molecule has 1 aliphatic carbocycles. The summed E-state index contributed by atoms with van der Waals surface area (Å²) < 4.78 is 46.4. The Morgan fingerprint density at radius 2 is 1.83 bits per heavy atom. The molecule has 244 valence electrons. The van der Waals surface area contributed by atoms with Crippen LogP contribution in [0.3, 0.4) is 0 Å². The Morgan fingerprint density at radius 3 is 2.51 bits per heavy atom. The minimum Gasteiger partial charge on any atom is -0.350 e. The summed E-state index contributed by atoms with van der Waals surface area (Å²) in [6.45, 7) is 2.45. The molecule has 0 saturated heterocycles. The molecule has 5 aromatic rings. The van der Waals surface area contributed by atoms with Crippen molar-refractivity contribution in [1.29, 1.82) is 0 Å². The van der Waals surface area contributed by atoms with E-state index in [0.717, 1.165) is 26.6 Å². The minimum absolute atomic E-state index is 0.0345. The first-order chi connectivity index (χ1) is 22.3. The van der Waals surface area contributed by atoms with Crippen LogP contribution >= 0.6 is 0 Å². The van der Waals surface area contributed by atoms with Gasteiger partial charge in [0.15, 0.2) is 11.5 Å². The van der Waals surface area contributed by atoms with E-state index in [9.17, 15) is 18.5 Å². The zero-order valence-corrected chi connectivity index (χ0v) is 27.4. The van der Waals surface area contributed by atoms with Gasteiger partial charge in [-0.05, 0) is 65.3 Å². The molecule has 1 aliphatic rings. The second-order valence-electron chi connectivity index (χ2n) is 12.0. The van der Waals surface area contributed by atoms with E-state index in [1.54, 1.807) is 37.5 Å². The first-order valence-electron chi connectivity index (χ1n) is 14.9. The van der Waals surface area contributed by atoms with Crippen LogP contribution in [-0.4, -0.2) is 76.0 Å². The van der Waals surface area contributed by atoms with Crippen molar-refractivity contribution in [3.05, 3.63) is 106 Å². The number of aryl methyl sites for hydroxylation is 2. The number of hydrogen-bond donors (Lipinski definition) is 2. The third-order valence-electron chi connectivity index (χ3n) is 8.64. The van der Waals surface area contributed by atoms with Crippen LogP contribution < -0.4 is 10.6 Å². The standard InChI is InChI=1S/C33H35FN8O4S/c1-21-10-12-23(13-11-21)47(45,46)41-20-26(34)29-30(25-19-40(5)27-9-7-6-8-24(25)27)37-32(38-31(29)41)36-22-14-15-33(35-2,16-17-39(3)4)28(18-22)42(43)44/h6-15,18-20,28,35H,16-17H2,1-5H3,(H,36,37,38). The molecule has 0 saturated carbocycles. The van der Waals surface area contributed by atoms with Crippen LogP contribution in [-0.2, 0) is 17.1 Å². The highest BCUT2D eigenvalue weighted by atomic mass is 32.2. The molecule has 2 N–H and O–H groups in total. The van der Waals surface area contributed by atoms with Crippen molar-refractivity contribution in [2.75, 3.05) is 33.0 Å². The maximum absolute atomic E-state index is 16.0. The summed E-state index contributed by atoms with van der Waals surface area (Å²) in [6.07, 6.45) is 8.12. The molecule has 3 heterocycles. The number of nitro groups is 1. The molecule has 0 amide bonds. The molecule has 0 fully saturated rings. The number of nitrogens with zero attached hydrogens (tertiary/aromatic N) is 6. The lowest BCUT2D eigenvalue weighted by molar-refractivity contribution is -0.519. The van der Waals surface area contributed by atoms with Gasteiger partial charge in [0.05, 0.1) is 22.2 Å². The zero-order valence-electron chi connectivity index (χ0n) is 26.6. The van der Waals surface area contributed by atoms with Crippen LogP contribution in [0.25, 0.3) is 33.2 Å². The van der Waals surface area contributed by atoms with Crippen LogP contribution in [0.5, 0.6) is 0 Å². The van der Waals surface area contributed by atoms with E-state index in [4.69, 9.17) is 4.98 Å². The maximum Gasteiger partial charge on any atom is 0.269 e. The number of fused-ring (bicyclic) bond motifs is 2. The highest BCUT2D eigenvalue weighted by Crippen LogP contribution is 2.37. The lowest BCUT2D eigenvalue weighted by atomic mass is 9.82. The van der Waals surface area contributed by atoms with E-state index in [0.29, 0.717) is 24.2 Å². The summed E-state index contributed by atoms with van der Waals surface area (Å²) in [5.74, 6) is -0.864. The number of halogens is 1. The van der Waals surface area contributed by atoms with E-state index in [2.05, 4.69) is 15.6 Å². The fourth-order valence-electron chi connectivity index (χ4n) is 6.01. The van der Waals surface area contributed by atoms with E-state index in [1.807, 2.05) is 61.8 Å². The number of rotatable bonds is 10. The Kier molecular flexibility index (Phi) is 8.20. The van der Waals surface area contributed by atoms with E-state index < -0.39 is 27.4 Å². The summed E-state index contributed by atoms with van der Waals surface area (Å²) in [5.41, 5.74) is 1.69. The molecule has 2 atom stereocenters. The van der Waals surface area contributed by atoms with Gasteiger partial charge >= 0.3 is 0 Å². The molecule has 2 unspecified atom stereocenters. The lowest BCUT2D eigenvalue weighted by Crippen LogP contribution is -2.56. The van der Waals surface area contributed by atoms with Gasteiger partial charge in [-0.1, -0.05) is 42.0 Å². The van der Waals surface area contributed by atoms with Crippen molar-refractivity contribution in [1.82, 2.24) is 28.7 Å². The number of nitrogens with one attached hydrogen (secondary N) is 2. The van der Waals surface area contributed by atoms with Gasteiger partial charge < -0.3 is 20.1 Å². The average molecular weight is 659 g/mol. The van der Waals surface area contributed by atoms with Crippen molar-refractivity contribution in [2.45, 2.75) is 29.8 Å². The number of anilines is 1. The van der Waals surface area contributed by atoms with E-state index >= 15 is 4.39 Å². The van der Waals surface area contributed by atoms with Gasteiger partial charge in [-0.3, -0.25) is 10.1 Å². The minimum atomic E-state index is -4.28. The normalized spacial score (nSPS) is 18.3.